The lowest BCUT2D eigenvalue weighted by Crippen LogP contribution is -2.24. The SMILES string of the molecule is O=C(CSc1nc2c(c(=O)n1-c1ccc([N+](=O)[O-])cc1)SCC2)Nc1ccc(OC(F)(F)F)cc1. The van der Waals surface area contributed by atoms with Crippen LogP contribution >= 0.6 is 23.5 Å². The van der Waals surface area contributed by atoms with Gasteiger partial charge in [-0.1, -0.05) is 11.8 Å². The number of hydrogen-bond acceptors (Lipinski definition) is 8. The van der Waals surface area contributed by atoms with Crippen LogP contribution in [0.25, 0.3) is 5.69 Å². The maximum absolute atomic E-state index is 13.1. The number of aromatic nitrogens is 2. The number of nitro groups is 1. The lowest BCUT2D eigenvalue weighted by Gasteiger charge is -2.14. The third-order valence-electron chi connectivity index (χ3n) is 4.69. The Labute approximate surface area is 203 Å². The molecule has 1 aliphatic rings. The van der Waals surface area contributed by atoms with E-state index < -0.39 is 22.9 Å². The molecule has 0 spiro atoms. The van der Waals surface area contributed by atoms with Crippen molar-refractivity contribution in [1.29, 1.82) is 0 Å². The van der Waals surface area contributed by atoms with Gasteiger partial charge in [-0.05, 0) is 36.4 Å². The molecule has 0 bridgehead atoms. The van der Waals surface area contributed by atoms with Gasteiger partial charge in [-0.2, -0.15) is 0 Å². The second-order valence-corrected chi connectivity index (χ2v) is 9.14. The topological polar surface area (TPSA) is 116 Å². The molecule has 2 heterocycles. The summed E-state index contributed by atoms with van der Waals surface area (Å²) < 4.78 is 41.9. The number of alkyl halides is 3. The summed E-state index contributed by atoms with van der Waals surface area (Å²) in [6.07, 6.45) is -4.22. The Balaban J connectivity index is 1.52. The summed E-state index contributed by atoms with van der Waals surface area (Å²) in [5.41, 5.74) is 0.795. The molecule has 1 aromatic heterocycles. The second-order valence-electron chi connectivity index (χ2n) is 7.09. The predicted molar refractivity (Wildman–Crippen MR) is 123 cm³/mol. The minimum atomic E-state index is -4.82. The van der Waals surface area contributed by atoms with Gasteiger partial charge in [0.1, 0.15) is 5.75 Å². The van der Waals surface area contributed by atoms with Crippen molar-refractivity contribution in [2.75, 3.05) is 16.8 Å². The lowest BCUT2D eigenvalue weighted by molar-refractivity contribution is -0.384. The minimum Gasteiger partial charge on any atom is -0.406 e. The summed E-state index contributed by atoms with van der Waals surface area (Å²) in [6.45, 7) is 0. The summed E-state index contributed by atoms with van der Waals surface area (Å²) in [5, 5.41) is 13.8. The monoisotopic (exact) mass is 524 g/mol. The van der Waals surface area contributed by atoms with Crippen molar-refractivity contribution < 1.29 is 27.6 Å². The number of carbonyl (C=O) groups is 1. The highest BCUT2D eigenvalue weighted by molar-refractivity contribution is 8.00. The van der Waals surface area contributed by atoms with E-state index in [0.29, 0.717) is 28.5 Å². The highest BCUT2D eigenvalue weighted by Gasteiger charge is 2.31. The number of hydrogen-bond donors (Lipinski definition) is 1. The molecule has 1 amide bonds. The number of nitrogens with zero attached hydrogens (tertiary/aromatic N) is 3. The van der Waals surface area contributed by atoms with Crippen LogP contribution in [0.4, 0.5) is 24.5 Å². The van der Waals surface area contributed by atoms with Crippen molar-refractivity contribution in [1.82, 2.24) is 9.55 Å². The van der Waals surface area contributed by atoms with Gasteiger partial charge >= 0.3 is 6.36 Å². The molecular weight excluding hydrogens is 509 g/mol. The van der Waals surface area contributed by atoms with Gasteiger partial charge in [-0.3, -0.25) is 24.3 Å². The van der Waals surface area contributed by atoms with Crippen LogP contribution in [0.15, 0.2) is 63.4 Å². The van der Waals surface area contributed by atoms with Gasteiger partial charge in [-0.25, -0.2) is 4.98 Å². The van der Waals surface area contributed by atoms with E-state index in [1.807, 2.05) is 0 Å². The molecule has 4 rings (SSSR count). The molecule has 182 valence electrons. The Morgan fingerprint density at radius 1 is 1.20 bits per heavy atom. The number of nitro benzene ring substituents is 1. The highest BCUT2D eigenvalue weighted by Crippen LogP contribution is 2.30. The molecule has 14 heteroatoms. The predicted octanol–water partition coefficient (Wildman–Crippen LogP) is 4.42. The highest BCUT2D eigenvalue weighted by atomic mass is 32.2. The van der Waals surface area contributed by atoms with Crippen LogP contribution in [0.1, 0.15) is 5.69 Å². The fourth-order valence-electron chi connectivity index (χ4n) is 3.21. The molecule has 0 unspecified atom stereocenters. The standard InChI is InChI=1S/C21H15F3N4O5S2/c22-21(23,24)33-15-7-1-12(2-8-15)25-17(29)11-35-20-26-16-9-10-34-18(16)19(30)27(20)13-3-5-14(6-4-13)28(31)32/h1-8H,9-11H2,(H,25,29). The lowest BCUT2D eigenvalue weighted by atomic mass is 10.2. The first kappa shape index (κ1) is 24.6. The number of anilines is 1. The number of amides is 1. The molecule has 0 fully saturated rings. The average Bonchev–Trinajstić information content (AvgIpc) is 3.27. The largest absolute Gasteiger partial charge is 0.573 e. The Bertz CT molecular complexity index is 1330. The van der Waals surface area contributed by atoms with Crippen LogP contribution in [0.3, 0.4) is 0 Å². The van der Waals surface area contributed by atoms with E-state index in [9.17, 15) is 32.9 Å². The normalized spacial score (nSPS) is 12.8. The number of ether oxygens (including phenoxy) is 1. The van der Waals surface area contributed by atoms with Gasteiger partial charge in [0.2, 0.25) is 5.91 Å². The number of benzene rings is 2. The van der Waals surface area contributed by atoms with Gasteiger partial charge in [0.05, 0.1) is 27.0 Å². The zero-order chi connectivity index (χ0) is 25.2. The fourth-order valence-corrected chi connectivity index (χ4v) is 5.06. The Kier molecular flexibility index (Phi) is 7.03. The molecule has 35 heavy (non-hydrogen) atoms. The fraction of sp³-hybridized carbons (Fsp3) is 0.190. The van der Waals surface area contributed by atoms with Crippen molar-refractivity contribution >= 4 is 40.8 Å². The Morgan fingerprint density at radius 3 is 2.51 bits per heavy atom. The van der Waals surface area contributed by atoms with Crippen molar-refractivity contribution in [3.05, 3.63) is 74.7 Å². The average molecular weight is 525 g/mol. The van der Waals surface area contributed by atoms with E-state index >= 15 is 0 Å². The number of carbonyl (C=O) groups excluding carboxylic acids is 1. The van der Waals surface area contributed by atoms with E-state index in [4.69, 9.17) is 0 Å². The maximum Gasteiger partial charge on any atom is 0.573 e. The zero-order valence-corrected chi connectivity index (χ0v) is 19.2. The number of rotatable bonds is 7. The third-order valence-corrected chi connectivity index (χ3v) is 6.74. The van der Waals surface area contributed by atoms with E-state index in [-0.39, 0.29) is 27.8 Å². The van der Waals surface area contributed by atoms with Crippen molar-refractivity contribution in [2.45, 2.75) is 22.8 Å². The number of thioether (sulfide) groups is 2. The number of nitrogens with one attached hydrogen (secondary N) is 1. The van der Waals surface area contributed by atoms with Crippen LogP contribution in [-0.2, 0) is 11.2 Å². The van der Waals surface area contributed by atoms with E-state index in [0.717, 1.165) is 23.9 Å². The van der Waals surface area contributed by atoms with Crippen molar-refractivity contribution in [3.63, 3.8) is 0 Å². The zero-order valence-electron chi connectivity index (χ0n) is 17.6. The first-order valence-corrected chi connectivity index (χ1v) is 11.9. The van der Waals surface area contributed by atoms with Crippen LogP contribution in [0, 0.1) is 10.1 Å². The first-order valence-electron chi connectivity index (χ1n) is 9.93. The van der Waals surface area contributed by atoms with Crippen molar-refractivity contribution in [3.8, 4) is 11.4 Å². The van der Waals surface area contributed by atoms with E-state index in [1.54, 1.807) is 0 Å². The minimum absolute atomic E-state index is 0.134. The van der Waals surface area contributed by atoms with E-state index in [1.165, 1.54) is 52.7 Å². The second kappa shape index (κ2) is 10.00. The van der Waals surface area contributed by atoms with Crippen molar-refractivity contribution in [2.24, 2.45) is 0 Å². The molecule has 1 N–H and O–H groups in total. The van der Waals surface area contributed by atoms with Crippen LogP contribution in [0.5, 0.6) is 5.75 Å². The summed E-state index contributed by atoms with van der Waals surface area (Å²) in [5.74, 6) is -0.344. The van der Waals surface area contributed by atoms with Gasteiger partial charge in [0, 0.05) is 30.0 Å². The quantitative estimate of drug-likeness (QED) is 0.209. The van der Waals surface area contributed by atoms with Crippen LogP contribution in [-0.4, -0.2) is 38.2 Å². The van der Waals surface area contributed by atoms with Gasteiger partial charge in [-0.15, -0.1) is 24.9 Å². The number of fused-ring (bicyclic) bond motifs is 1. The summed E-state index contributed by atoms with van der Waals surface area (Å²) >= 11 is 2.37. The molecule has 0 radical (unpaired) electrons. The molecular formula is C21H15F3N4O5S2. The van der Waals surface area contributed by atoms with Gasteiger partial charge in [0.15, 0.2) is 5.16 Å². The molecule has 9 nitrogen and oxygen atoms in total. The van der Waals surface area contributed by atoms with Gasteiger partial charge in [0.25, 0.3) is 11.2 Å². The third kappa shape index (κ3) is 5.95. The smallest absolute Gasteiger partial charge is 0.406 e. The number of non-ortho nitro benzene ring substituents is 1. The van der Waals surface area contributed by atoms with Crippen LogP contribution < -0.4 is 15.6 Å². The number of aryl methyl sites for hydroxylation is 1. The summed E-state index contributed by atoms with van der Waals surface area (Å²) in [7, 11) is 0. The molecule has 2 aromatic carbocycles. The summed E-state index contributed by atoms with van der Waals surface area (Å²) in [4.78, 5) is 41.0. The van der Waals surface area contributed by atoms with Gasteiger partial charge < -0.3 is 10.1 Å². The molecule has 3 aromatic rings. The number of halogens is 3. The summed E-state index contributed by atoms with van der Waals surface area (Å²) in [6, 6.07) is 10.1. The molecule has 0 aliphatic carbocycles. The van der Waals surface area contributed by atoms with Crippen LogP contribution in [0.2, 0.25) is 0 Å². The molecule has 0 saturated carbocycles. The first-order chi connectivity index (χ1) is 16.6. The Morgan fingerprint density at radius 2 is 1.89 bits per heavy atom. The molecule has 0 atom stereocenters. The molecule has 1 aliphatic heterocycles. The van der Waals surface area contributed by atoms with E-state index in [2.05, 4.69) is 15.0 Å². The maximum atomic E-state index is 13.1. The molecule has 0 saturated heterocycles. The Hall–Kier alpha value is -3.52.